The zero-order chi connectivity index (χ0) is 19.1. The molecule has 0 bridgehead atoms. The fraction of sp³-hybridized carbons (Fsp3) is 0.263. The van der Waals surface area contributed by atoms with Gasteiger partial charge in [-0.1, -0.05) is 0 Å². The van der Waals surface area contributed by atoms with Crippen molar-refractivity contribution in [2.24, 2.45) is 0 Å². The van der Waals surface area contributed by atoms with Crippen LogP contribution in [0, 0.1) is 0 Å². The maximum Gasteiger partial charge on any atom is 0.261 e. The van der Waals surface area contributed by atoms with E-state index in [1.165, 1.54) is 11.3 Å². The molecule has 4 aromatic heterocycles. The lowest BCUT2D eigenvalue weighted by molar-refractivity contribution is 0.0942. The maximum absolute atomic E-state index is 12.6. The van der Waals surface area contributed by atoms with Gasteiger partial charge in [-0.25, -0.2) is 9.50 Å². The van der Waals surface area contributed by atoms with E-state index >= 15 is 0 Å². The summed E-state index contributed by atoms with van der Waals surface area (Å²) in [6.45, 7) is 1.93. The van der Waals surface area contributed by atoms with Crippen LogP contribution in [0.25, 0.3) is 27.9 Å². The number of H-pyrrole nitrogens is 1. The Balaban J connectivity index is 1.39. The van der Waals surface area contributed by atoms with Crippen molar-refractivity contribution in [1.82, 2.24) is 35.0 Å². The lowest BCUT2D eigenvalue weighted by Gasteiger charge is -2.11. The van der Waals surface area contributed by atoms with Crippen LogP contribution in [0.3, 0.4) is 0 Å². The van der Waals surface area contributed by atoms with Crippen LogP contribution < -0.4 is 5.32 Å². The highest BCUT2D eigenvalue weighted by molar-refractivity contribution is 7.12. The lowest BCUT2D eigenvalue weighted by Crippen LogP contribution is -2.36. The molecule has 0 aliphatic carbocycles. The Kier molecular flexibility index (Phi) is 4.18. The minimum atomic E-state index is -0.0109. The number of hydrogen-bond acceptors (Lipinski definition) is 6. The molecule has 5 rings (SSSR count). The van der Waals surface area contributed by atoms with Gasteiger partial charge in [0.2, 0.25) is 0 Å². The molecule has 4 aromatic rings. The SMILES string of the molecule is CN1CC[C@@H](NC(=O)c2cc(-c3cnn4cc(-c5cn[nH]c5)cnc34)cs2)C1. The van der Waals surface area contributed by atoms with Crippen molar-refractivity contribution in [2.75, 3.05) is 20.1 Å². The van der Waals surface area contributed by atoms with Gasteiger partial charge in [0, 0.05) is 47.9 Å². The molecule has 1 saturated heterocycles. The number of rotatable bonds is 4. The summed E-state index contributed by atoms with van der Waals surface area (Å²) < 4.78 is 1.75. The van der Waals surface area contributed by atoms with E-state index in [0.717, 1.165) is 47.4 Å². The first-order valence-electron chi connectivity index (χ1n) is 9.08. The average molecular weight is 393 g/mol. The predicted molar refractivity (Wildman–Crippen MR) is 107 cm³/mol. The third-order valence-corrected chi connectivity index (χ3v) is 5.98. The summed E-state index contributed by atoms with van der Waals surface area (Å²) in [7, 11) is 2.07. The van der Waals surface area contributed by atoms with Gasteiger partial charge in [0.15, 0.2) is 5.65 Å². The predicted octanol–water partition coefficient (Wildman–Crippen LogP) is 2.28. The molecule has 5 heterocycles. The summed E-state index contributed by atoms with van der Waals surface area (Å²) in [6.07, 6.45) is 10.1. The molecule has 2 N–H and O–H groups in total. The van der Waals surface area contributed by atoms with Crippen LogP contribution in [0.1, 0.15) is 16.1 Å². The second-order valence-corrected chi connectivity index (χ2v) is 7.99. The second kappa shape index (κ2) is 6.84. The number of thiophene rings is 1. The van der Waals surface area contributed by atoms with Crippen LogP contribution in [0.15, 0.2) is 42.4 Å². The average Bonchev–Trinajstić information content (AvgIpc) is 3.47. The molecule has 1 atom stereocenters. The largest absolute Gasteiger partial charge is 0.347 e. The number of nitrogens with one attached hydrogen (secondary N) is 2. The van der Waals surface area contributed by atoms with Crippen molar-refractivity contribution >= 4 is 22.9 Å². The monoisotopic (exact) mass is 393 g/mol. The Morgan fingerprint density at radius 2 is 2.21 bits per heavy atom. The number of nitrogens with zero attached hydrogens (tertiary/aromatic N) is 5. The van der Waals surface area contributed by atoms with Gasteiger partial charge < -0.3 is 10.2 Å². The van der Waals surface area contributed by atoms with Gasteiger partial charge in [0.25, 0.3) is 5.91 Å². The highest BCUT2D eigenvalue weighted by atomic mass is 32.1. The number of aromatic amines is 1. The molecule has 0 unspecified atom stereocenters. The molecular formula is C19H19N7OS. The van der Waals surface area contributed by atoms with E-state index < -0.39 is 0 Å². The fourth-order valence-corrected chi connectivity index (χ4v) is 4.35. The smallest absolute Gasteiger partial charge is 0.261 e. The number of carbonyl (C=O) groups excluding carboxylic acids is 1. The van der Waals surface area contributed by atoms with Gasteiger partial charge in [-0.05, 0) is 37.0 Å². The number of likely N-dealkylation sites (N-methyl/N-ethyl adjacent to an activating group) is 1. The molecule has 28 heavy (non-hydrogen) atoms. The second-order valence-electron chi connectivity index (χ2n) is 7.08. The van der Waals surface area contributed by atoms with Gasteiger partial charge in [-0.3, -0.25) is 9.89 Å². The summed E-state index contributed by atoms with van der Waals surface area (Å²) in [4.78, 5) is 20.1. The molecule has 0 spiro atoms. The van der Waals surface area contributed by atoms with Crippen molar-refractivity contribution in [3.8, 4) is 22.3 Å². The Morgan fingerprint density at radius 3 is 3.00 bits per heavy atom. The minimum Gasteiger partial charge on any atom is -0.347 e. The number of hydrogen-bond donors (Lipinski definition) is 2. The summed E-state index contributed by atoms with van der Waals surface area (Å²) in [5.41, 5.74) is 4.52. The Morgan fingerprint density at radius 1 is 1.29 bits per heavy atom. The van der Waals surface area contributed by atoms with Gasteiger partial charge in [-0.15, -0.1) is 11.3 Å². The summed E-state index contributed by atoms with van der Waals surface area (Å²) >= 11 is 1.45. The van der Waals surface area contributed by atoms with E-state index in [1.54, 1.807) is 16.9 Å². The molecule has 1 fully saturated rings. The van der Waals surface area contributed by atoms with Crippen molar-refractivity contribution < 1.29 is 4.79 Å². The van der Waals surface area contributed by atoms with Crippen molar-refractivity contribution in [2.45, 2.75) is 12.5 Å². The number of aromatic nitrogens is 5. The van der Waals surface area contributed by atoms with Gasteiger partial charge in [-0.2, -0.15) is 10.2 Å². The molecule has 1 aliphatic heterocycles. The van der Waals surface area contributed by atoms with E-state index in [2.05, 4.69) is 37.5 Å². The van der Waals surface area contributed by atoms with Gasteiger partial charge in [0.05, 0.1) is 17.3 Å². The zero-order valence-electron chi connectivity index (χ0n) is 15.3. The first-order valence-corrected chi connectivity index (χ1v) is 9.96. The first-order chi connectivity index (χ1) is 13.7. The number of amides is 1. The molecule has 9 heteroatoms. The zero-order valence-corrected chi connectivity index (χ0v) is 16.1. The molecule has 0 radical (unpaired) electrons. The maximum atomic E-state index is 12.6. The van der Waals surface area contributed by atoms with E-state index in [4.69, 9.17) is 0 Å². The lowest BCUT2D eigenvalue weighted by atomic mass is 10.1. The van der Waals surface area contributed by atoms with E-state index in [1.807, 2.05) is 30.0 Å². The number of fused-ring (bicyclic) bond motifs is 1. The Hall–Kier alpha value is -3.04. The molecule has 0 saturated carbocycles. The quantitative estimate of drug-likeness (QED) is 0.555. The van der Waals surface area contributed by atoms with Gasteiger partial charge in [0.1, 0.15) is 0 Å². The third kappa shape index (κ3) is 3.08. The van der Waals surface area contributed by atoms with Crippen LogP contribution in [-0.4, -0.2) is 61.8 Å². The Bertz CT molecular complexity index is 1130. The molecule has 0 aromatic carbocycles. The number of carbonyl (C=O) groups is 1. The van der Waals surface area contributed by atoms with Crippen molar-refractivity contribution in [1.29, 1.82) is 0 Å². The van der Waals surface area contributed by atoms with E-state index in [-0.39, 0.29) is 11.9 Å². The van der Waals surface area contributed by atoms with Crippen LogP contribution in [0.4, 0.5) is 0 Å². The normalized spacial score (nSPS) is 17.4. The summed E-state index contributed by atoms with van der Waals surface area (Å²) in [6, 6.07) is 2.14. The van der Waals surface area contributed by atoms with E-state index in [9.17, 15) is 4.79 Å². The highest BCUT2D eigenvalue weighted by Gasteiger charge is 2.22. The van der Waals surface area contributed by atoms with Gasteiger partial charge >= 0.3 is 0 Å². The molecule has 1 amide bonds. The molecule has 1 aliphatic rings. The van der Waals surface area contributed by atoms with Crippen LogP contribution in [0.2, 0.25) is 0 Å². The number of likely N-dealkylation sites (tertiary alicyclic amines) is 1. The standard InChI is InChI=1S/C19H19N7OS/c1-25-3-2-15(10-25)24-19(27)17-4-12(11-28-17)16-8-23-26-9-14(5-20-18(16)26)13-6-21-22-7-13/h4-9,11,15H,2-3,10H2,1H3,(H,21,22)(H,24,27)/t15-/m1/s1. The van der Waals surface area contributed by atoms with Crippen molar-refractivity contribution in [3.05, 3.63) is 47.3 Å². The molecule has 142 valence electrons. The molecule has 8 nitrogen and oxygen atoms in total. The summed E-state index contributed by atoms with van der Waals surface area (Å²) in [5, 5.41) is 16.3. The highest BCUT2D eigenvalue weighted by Crippen LogP contribution is 2.29. The summed E-state index contributed by atoms with van der Waals surface area (Å²) in [5.74, 6) is -0.0109. The minimum absolute atomic E-state index is 0.0109. The van der Waals surface area contributed by atoms with Crippen molar-refractivity contribution in [3.63, 3.8) is 0 Å². The van der Waals surface area contributed by atoms with Crippen LogP contribution in [0.5, 0.6) is 0 Å². The topological polar surface area (TPSA) is 91.2 Å². The third-order valence-electron chi connectivity index (χ3n) is 5.05. The van der Waals surface area contributed by atoms with Crippen LogP contribution in [-0.2, 0) is 0 Å². The fourth-order valence-electron chi connectivity index (χ4n) is 3.54. The first kappa shape index (κ1) is 17.1. The van der Waals surface area contributed by atoms with E-state index in [0.29, 0.717) is 4.88 Å². The van der Waals surface area contributed by atoms with Crippen LogP contribution >= 0.6 is 11.3 Å². The molecular weight excluding hydrogens is 374 g/mol. The Labute approximate surface area is 165 Å².